The number of carbonyl (C=O) groups excluding carboxylic acids is 2. The molecule has 0 heterocycles. The normalized spacial score (nSPS) is 11.6. The minimum Gasteiger partial charge on any atom is -0.462 e. The highest BCUT2D eigenvalue weighted by Crippen LogP contribution is 2.27. The van der Waals surface area contributed by atoms with E-state index in [1.165, 1.54) is 11.8 Å². The molecule has 0 radical (unpaired) electrons. The first-order valence-electron chi connectivity index (χ1n) is 8.13. The molecule has 0 spiro atoms. The highest BCUT2D eigenvalue weighted by Gasteiger charge is 2.18. The van der Waals surface area contributed by atoms with Gasteiger partial charge in [0.05, 0.1) is 17.4 Å². The fraction of sp³-hybridized carbons (Fsp3) is 0.263. The third kappa shape index (κ3) is 5.53. The molecule has 2 aromatic carbocycles. The summed E-state index contributed by atoms with van der Waals surface area (Å²) >= 11 is 1.50. The number of amides is 1. The van der Waals surface area contributed by atoms with Crippen LogP contribution in [-0.2, 0) is 9.53 Å². The quantitative estimate of drug-likeness (QED) is 0.445. The van der Waals surface area contributed by atoms with Crippen molar-refractivity contribution in [3.63, 3.8) is 0 Å². The van der Waals surface area contributed by atoms with Crippen molar-refractivity contribution in [2.75, 3.05) is 17.7 Å². The van der Waals surface area contributed by atoms with Crippen LogP contribution < -0.4 is 11.1 Å². The molecule has 2 rings (SSSR count). The Hall–Kier alpha value is -2.47. The lowest BCUT2D eigenvalue weighted by Crippen LogP contribution is -2.24. The molecule has 0 saturated carbocycles. The Balaban J connectivity index is 1.99. The van der Waals surface area contributed by atoms with Crippen molar-refractivity contribution in [3.8, 4) is 0 Å². The van der Waals surface area contributed by atoms with Gasteiger partial charge in [0, 0.05) is 16.3 Å². The van der Waals surface area contributed by atoms with Crippen LogP contribution in [-0.4, -0.2) is 23.7 Å². The van der Waals surface area contributed by atoms with Crippen LogP contribution in [0.2, 0.25) is 0 Å². The van der Waals surface area contributed by atoms with Gasteiger partial charge in [-0.15, -0.1) is 11.8 Å². The summed E-state index contributed by atoms with van der Waals surface area (Å²) in [7, 11) is 0. The highest BCUT2D eigenvalue weighted by atomic mass is 32.2. The van der Waals surface area contributed by atoms with Crippen LogP contribution in [0, 0.1) is 0 Å². The summed E-state index contributed by atoms with van der Waals surface area (Å²) in [6.45, 7) is 4.06. The van der Waals surface area contributed by atoms with Crippen molar-refractivity contribution < 1.29 is 14.3 Å². The second kappa shape index (κ2) is 9.13. The minimum absolute atomic E-state index is 0.0757. The summed E-state index contributed by atoms with van der Waals surface area (Å²) in [5.41, 5.74) is 7.49. The Morgan fingerprint density at radius 2 is 1.72 bits per heavy atom. The standard InChI is InChI=1S/C19H22N2O3S/c1-3-17(25-16-11-7-14(20)8-12-16)18(22)21-15-9-5-13(6-10-15)19(23)24-4-2/h5-12,17H,3-4,20H2,1-2H3,(H,21,22). The molecular formula is C19H22N2O3S. The number of rotatable bonds is 7. The Bertz CT molecular complexity index is 714. The van der Waals surface area contributed by atoms with Gasteiger partial charge in [-0.3, -0.25) is 4.79 Å². The van der Waals surface area contributed by atoms with Crippen LogP contribution in [0.15, 0.2) is 53.4 Å². The van der Waals surface area contributed by atoms with E-state index in [2.05, 4.69) is 5.32 Å². The lowest BCUT2D eigenvalue weighted by Gasteiger charge is -2.15. The summed E-state index contributed by atoms with van der Waals surface area (Å²) in [6.07, 6.45) is 0.696. The molecule has 2 aromatic rings. The summed E-state index contributed by atoms with van der Waals surface area (Å²) < 4.78 is 4.94. The van der Waals surface area contributed by atoms with Crippen molar-refractivity contribution in [2.24, 2.45) is 0 Å². The maximum Gasteiger partial charge on any atom is 0.338 e. The third-order valence-electron chi connectivity index (χ3n) is 3.49. The maximum atomic E-state index is 12.5. The second-order valence-electron chi connectivity index (χ2n) is 5.37. The zero-order valence-electron chi connectivity index (χ0n) is 14.3. The summed E-state index contributed by atoms with van der Waals surface area (Å²) in [5.74, 6) is -0.445. The lowest BCUT2D eigenvalue weighted by molar-refractivity contribution is -0.115. The molecule has 25 heavy (non-hydrogen) atoms. The number of carbonyl (C=O) groups is 2. The number of benzene rings is 2. The molecule has 3 N–H and O–H groups in total. The molecule has 0 bridgehead atoms. The summed E-state index contributed by atoms with van der Waals surface area (Å²) in [5, 5.41) is 2.67. The fourth-order valence-electron chi connectivity index (χ4n) is 2.16. The number of esters is 1. The van der Waals surface area contributed by atoms with E-state index in [0.717, 1.165) is 4.90 Å². The number of hydrogen-bond donors (Lipinski definition) is 2. The number of nitrogen functional groups attached to an aromatic ring is 1. The number of ether oxygens (including phenoxy) is 1. The molecular weight excluding hydrogens is 336 g/mol. The van der Waals surface area contributed by atoms with Gasteiger partial charge in [-0.2, -0.15) is 0 Å². The third-order valence-corrected chi connectivity index (χ3v) is 4.86. The maximum absolute atomic E-state index is 12.5. The largest absolute Gasteiger partial charge is 0.462 e. The molecule has 1 unspecified atom stereocenters. The smallest absolute Gasteiger partial charge is 0.338 e. The summed E-state index contributed by atoms with van der Waals surface area (Å²) in [6, 6.07) is 14.1. The van der Waals surface area contributed by atoms with Gasteiger partial charge in [0.15, 0.2) is 0 Å². The number of nitrogens with one attached hydrogen (secondary N) is 1. The molecule has 0 aliphatic heterocycles. The van der Waals surface area contributed by atoms with Gasteiger partial charge in [0.2, 0.25) is 5.91 Å². The first-order valence-corrected chi connectivity index (χ1v) is 9.01. The van der Waals surface area contributed by atoms with Gasteiger partial charge in [0.25, 0.3) is 0 Å². The van der Waals surface area contributed by atoms with Crippen LogP contribution in [0.3, 0.4) is 0 Å². The zero-order chi connectivity index (χ0) is 18.2. The van der Waals surface area contributed by atoms with Crippen LogP contribution in [0.1, 0.15) is 30.6 Å². The van der Waals surface area contributed by atoms with E-state index in [-0.39, 0.29) is 17.1 Å². The van der Waals surface area contributed by atoms with Gasteiger partial charge < -0.3 is 15.8 Å². The average Bonchev–Trinajstić information content (AvgIpc) is 2.62. The predicted molar refractivity (Wildman–Crippen MR) is 102 cm³/mol. The monoisotopic (exact) mass is 358 g/mol. The van der Waals surface area contributed by atoms with E-state index in [9.17, 15) is 9.59 Å². The first-order chi connectivity index (χ1) is 12.0. The number of thioether (sulfide) groups is 1. The Labute approximate surface area is 151 Å². The summed E-state index contributed by atoms with van der Waals surface area (Å²) in [4.78, 5) is 25.1. The molecule has 1 amide bonds. The van der Waals surface area contributed by atoms with Gasteiger partial charge in [0.1, 0.15) is 0 Å². The second-order valence-corrected chi connectivity index (χ2v) is 6.65. The van der Waals surface area contributed by atoms with Crippen molar-refractivity contribution in [1.29, 1.82) is 0 Å². The zero-order valence-corrected chi connectivity index (χ0v) is 15.1. The molecule has 0 fully saturated rings. The van der Waals surface area contributed by atoms with E-state index in [0.29, 0.717) is 30.0 Å². The van der Waals surface area contributed by atoms with Crippen LogP contribution in [0.5, 0.6) is 0 Å². The van der Waals surface area contributed by atoms with Gasteiger partial charge >= 0.3 is 5.97 Å². The predicted octanol–water partition coefficient (Wildman–Crippen LogP) is 3.95. The van der Waals surface area contributed by atoms with Crippen LogP contribution in [0.25, 0.3) is 0 Å². The topological polar surface area (TPSA) is 81.4 Å². The molecule has 6 heteroatoms. The molecule has 1 atom stereocenters. The molecule has 0 aromatic heterocycles. The van der Waals surface area contributed by atoms with Gasteiger partial charge in [-0.25, -0.2) is 4.79 Å². The number of anilines is 2. The molecule has 0 aliphatic rings. The van der Waals surface area contributed by atoms with E-state index >= 15 is 0 Å². The molecule has 5 nitrogen and oxygen atoms in total. The molecule has 132 valence electrons. The van der Waals surface area contributed by atoms with Gasteiger partial charge in [-0.05, 0) is 61.9 Å². The average molecular weight is 358 g/mol. The molecule has 0 aliphatic carbocycles. The minimum atomic E-state index is -0.370. The number of nitrogens with two attached hydrogens (primary N) is 1. The highest BCUT2D eigenvalue weighted by molar-refractivity contribution is 8.00. The Morgan fingerprint density at radius 3 is 2.28 bits per heavy atom. The van der Waals surface area contributed by atoms with Crippen molar-refractivity contribution in [3.05, 3.63) is 54.1 Å². The van der Waals surface area contributed by atoms with Crippen molar-refractivity contribution in [2.45, 2.75) is 30.4 Å². The Kier molecular flexibility index (Phi) is 6.89. The van der Waals surface area contributed by atoms with Crippen LogP contribution >= 0.6 is 11.8 Å². The first kappa shape index (κ1) is 18.9. The lowest BCUT2D eigenvalue weighted by atomic mass is 10.2. The fourth-order valence-corrected chi connectivity index (χ4v) is 3.11. The van der Waals surface area contributed by atoms with Gasteiger partial charge in [-0.1, -0.05) is 6.92 Å². The van der Waals surface area contributed by atoms with Crippen LogP contribution in [0.4, 0.5) is 11.4 Å². The molecule has 0 saturated heterocycles. The van der Waals surface area contributed by atoms with E-state index in [1.54, 1.807) is 31.2 Å². The number of hydrogen-bond acceptors (Lipinski definition) is 5. The van der Waals surface area contributed by atoms with Crippen molar-refractivity contribution >= 4 is 35.0 Å². The Morgan fingerprint density at radius 1 is 1.08 bits per heavy atom. The van der Waals surface area contributed by atoms with Crippen molar-refractivity contribution in [1.82, 2.24) is 0 Å². The van der Waals surface area contributed by atoms with E-state index < -0.39 is 0 Å². The SMILES string of the molecule is CCOC(=O)c1ccc(NC(=O)C(CC)Sc2ccc(N)cc2)cc1. The van der Waals surface area contributed by atoms with E-state index in [4.69, 9.17) is 10.5 Å². The van der Waals surface area contributed by atoms with E-state index in [1.807, 2.05) is 31.2 Å².